The first kappa shape index (κ1) is 33.6. The number of hydrogen-bond donors (Lipinski definition) is 2. The lowest BCUT2D eigenvalue weighted by molar-refractivity contribution is -0.120. The molecule has 10 heteroatoms. The van der Waals surface area contributed by atoms with Crippen molar-refractivity contribution in [1.82, 2.24) is 10.6 Å². The minimum Gasteiger partial charge on any atom is -0.493 e. The fourth-order valence-corrected chi connectivity index (χ4v) is 4.95. The zero-order chi connectivity index (χ0) is 31.9. The monoisotopic (exact) mass is 606 g/mol. The van der Waals surface area contributed by atoms with Crippen molar-refractivity contribution in [2.75, 3.05) is 42.7 Å². The van der Waals surface area contributed by atoms with Crippen LogP contribution < -0.4 is 39.1 Å². The molecule has 1 aliphatic rings. The second kappa shape index (κ2) is 17.3. The van der Waals surface area contributed by atoms with Gasteiger partial charge >= 0.3 is 0 Å². The summed E-state index contributed by atoms with van der Waals surface area (Å²) < 4.78 is 32.2. The van der Waals surface area contributed by atoms with E-state index in [0.717, 1.165) is 36.8 Å². The lowest BCUT2D eigenvalue weighted by Crippen LogP contribution is -2.52. The predicted octanol–water partition coefficient (Wildman–Crippen LogP) is 5.12. The van der Waals surface area contributed by atoms with Crippen molar-refractivity contribution in [3.8, 4) is 34.5 Å². The third-order valence-corrected chi connectivity index (χ3v) is 7.09. The largest absolute Gasteiger partial charge is 0.493 e. The highest BCUT2D eigenvalue weighted by Crippen LogP contribution is 2.39. The molecule has 2 aromatic carbocycles. The number of carbonyl (C=O) groups is 2. The normalized spacial score (nSPS) is 16.8. The molecule has 0 heterocycles. The van der Waals surface area contributed by atoms with Crippen LogP contribution in [0.1, 0.15) is 36.8 Å². The Morgan fingerprint density at radius 2 is 0.909 bits per heavy atom. The van der Waals surface area contributed by atoms with Crippen molar-refractivity contribution in [2.45, 2.75) is 37.8 Å². The summed E-state index contributed by atoms with van der Waals surface area (Å²) in [5.74, 6) is 2.75. The minimum atomic E-state index is -0.227. The van der Waals surface area contributed by atoms with Crippen LogP contribution in [-0.4, -0.2) is 66.6 Å². The van der Waals surface area contributed by atoms with Crippen LogP contribution in [-0.2, 0) is 9.59 Å². The molecule has 1 fully saturated rings. The number of rotatable bonds is 14. The van der Waals surface area contributed by atoms with E-state index in [-0.39, 0.29) is 23.9 Å². The van der Waals surface area contributed by atoms with Crippen LogP contribution in [0.15, 0.2) is 60.7 Å². The van der Waals surface area contributed by atoms with E-state index >= 15 is 0 Å². The maximum absolute atomic E-state index is 12.7. The van der Waals surface area contributed by atoms with E-state index in [1.165, 1.54) is 12.2 Å². The minimum absolute atomic E-state index is 0.160. The van der Waals surface area contributed by atoms with Gasteiger partial charge in [-0.2, -0.15) is 0 Å². The zero-order valence-electron chi connectivity index (χ0n) is 26.2. The summed E-state index contributed by atoms with van der Waals surface area (Å²) in [5, 5.41) is 6.08. The highest BCUT2D eigenvalue weighted by atomic mass is 16.5. The van der Waals surface area contributed by atoms with Crippen molar-refractivity contribution in [2.24, 2.45) is 0 Å². The van der Waals surface area contributed by atoms with Crippen molar-refractivity contribution in [3.63, 3.8) is 0 Å². The molecule has 236 valence electrons. The Labute approximate surface area is 259 Å². The fourth-order valence-electron chi connectivity index (χ4n) is 4.95. The van der Waals surface area contributed by atoms with E-state index in [1.807, 2.05) is 36.4 Å². The molecule has 3 rings (SSSR count). The Morgan fingerprint density at radius 1 is 0.568 bits per heavy atom. The Bertz CT molecular complexity index is 1240. The van der Waals surface area contributed by atoms with Gasteiger partial charge in [-0.25, -0.2) is 0 Å². The number of amides is 2. The van der Waals surface area contributed by atoms with Crippen LogP contribution in [0.3, 0.4) is 0 Å². The number of ether oxygens (including phenoxy) is 6. The van der Waals surface area contributed by atoms with E-state index in [0.29, 0.717) is 34.5 Å². The van der Waals surface area contributed by atoms with E-state index in [1.54, 1.807) is 67.0 Å². The van der Waals surface area contributed by atoms with Gasteiger partial charge in [-0.05, 0) is 48.2 Å². The highest BCUT2D eigenvalue weighted by molar-refractivity contribution is 5.89. The lowest BCUT2D eigenvalue weighted by Gasteiger charge is -2.32. The summed E-state index contributed by atoms with van der Waals surface area (Å²) in [6.45, 7) is 0. The molecule has 0 spiro atoms. The molecular weight excluding hydrogens is 564 g/mol. The predicted molar refractivity (Wildman–Crippen MR) is 171 cm³/mol. The second-order valence-corrected chi connectivity index (χ2v) is 9.87. The van der Waals surface area contributed by atoms with Gasteiger partial charge in [0.25, 0.3) is 0 Å². The molecule has 0 bridgehead atoms. The summed E-state index contributed by atoms with van der Waals surface area (Å²) in [6, 6.07) is 6.95. The van der Waals surface area contributed by atoms with Gasteiger partial charge in [0.15, 0.2) is 23.0 Å². The van der Waals surface area contributed by atoms with Crippen LogP contribution in [0.4, 0.5) is 0 Å². The number of carbonyl (C=O) groups excluding carboxylic acids is 2. The van der Waals surface area contributed by atoms with Crippen LogP contribution >= 0.6 is 0 Å². The quantitative estimate of drug-likeness (QED) is 0.225. The van der Waals surface area contributed by atoms with Gasteiger partial charge in [0.2, 0.25) is 23.3 Å². The molecule has 2 N–H and O–H groups in total. The molecule has 2 amide bonds. The van der Waals surface area contributed by atoms with Crippen LogP contribution in [0.25, 0.3) is 12.2 Å². The molecule has 0 radical (unpaired) electrons. The SMILES string of the molecule is COc1cc(/C=C/C=C/C(=O)N[C@H]2CCCC[C@H]2NC(=O)/C=C/C=C/c2cc(OC)c(OC)c(OC)c2)cc(OC)c1OC. The number of methoxy groups -OCH3 is 6. The summed E-state index contributed by atoms with van der Waals surface area (Å²) in [7, 11) is 9.34. The van der Waals surface area contributed by atoms with Crippen molar-refractivity contribution in [3.05, 3.63) is 71.8 Å². The van der Waals surface area contributed by atoms with Crippen molar-refractivity contribution >= 4 is 24.0 Å². The molecule has 44 heavy (non-hydrogen) atoms. The van der Waals surface area contributed by atoms with E-state index in [4.69, 9.17) is 28.4 Å². The molecule has 0 saturated heterocycles. The Balaban J connectivity index is 1.56. The average molecular weight is 607 g/mol. The first-order chi connectivity index (χ1) is 21.4. The summed E-state index contributed by atoms with van der Waals surface area (Å²) in [6.07, 6.45) is 17.0. The van der Waals surface area contributed by atoms with E-state index < -0.39 is 0 Å². The van der Waals surface area contributed by atoms with Gasteiger partial charge in [0.05, 0.1) is 42.7 Å². The molecule has 1 aliphatic carbocycles. The molecule has 0 aromatic heterocycles. The molecule has 0 unspecified atom stereocenters. The first-order valence-electron chi connectivity index (χ1n) is 14.3. The molecular formula is C34H42N2O8. The Hall–Kier alpha value is -4.86. The topological polar surface area (TPSA) is 114 Å². The summed E-state index contributed by atoms with van der Waals surface area (Å²) in [4.78, 5) is 25.3. The number of allylic oxidation sites excluding steroid dienone is 4. The average Bonchev–Trinajstić information content (AvgIpc) is 3.04. The number of benzene rings is 2. The van der Waals surface area contributed by atoms with Gasteiger partial charge in [0, 0.05) is 24.2 Å². The van der Waals surface area contributed by atoms with Crippen LogP contribution in [0.5, 0.6) is 34.5 Å². The third kappa shape index (κ3) is 9.32. The maximum Gasteiger partial charge on any atom is 0.244 e. The summed E-state index contributed by atoms with van der Waals surface area (Å²) >= 11 is 0. The van der Waals surface area contributed by atoms with Crippen LogP contribution in [0, 0.1) is 0 Å². The molecule has 0 aliphatic heterocycles. The third-order valence-electron chi connectivity index (χ3n) is 7.09. The van der Waals surface area contributed by atoms with Crippen molar-refractivity contribution in [1.29, 1.82) is 0 Å². The van der Waals surface area contributed by atoms with Gasteiger partial charge in [-0.15, -0.1) is 0 Å². The second-order valence-electron chi connectivity index (χ2n) is 9.87. The maximum atomic E-state index is 12.7. The van der Waals surface area contributed by atoms with Crippen LogP contribution in [0.2, 0.25) is 0 Å². The molecule has 2 aromatic rings. The number of hydrogen-bond acceptors (Lipinski definition) is 8. The summed E-state index contributed by atoms with van der Waals surface area (Å²) in [5.41, 5.74) is 1.65. The highest BCUT2D eigenvalue weighted by Gasteiger charge is 2.26. The zero-order valence-corrected chi connectivity index (χ0v) is 26.2. The molecule has 1 saturated carbocycles. The Kier molecular flexibility index (Phi) is 13.2. The lowest BCUT2D eigenvalue weighted by atomic mass is 9.90. The van der Waals surface area contributed by atoms with Gasteiger partial charge < -0.3 is 39.1 Å². The van der Waals surface area contributed by atoms with Crippen molar-refractivity contribution < 1.29 is 38.0 Å². The molecule has 2 atom stereocenters. The first-order valence-corrected chi connectivity index (χ1v) is 14.3. The standard InChI is InChI=1S/C34H42N2O8/c1-39-27-19-23(20-28(40-2)33(27)43-5)13-7-11-17-31(37)35-25-15-9-10-16-26(25)36-32(38)18-12-8-14-24-21-29(41-3)34(44-6)30(22-24)42-4/h7-8,11-14,17-22,25-26H,9-10,15-16H2,1-6H3,(H,35,37)(H,36,38)/b13-7+,14-8+,17-11+,18-12+/t25-,26+. The van der Waals surface area contributed by atoms with E-state index in [2.05, 4.69) is 10.6 Å². The number of nitrogens with one attached hydrogen (secondary N) is 2. The molecule has 10 nitrogen and oxygen atoms in total. The van der Waals surface area contributed by atoms with E-state index in [9.17, 15) is 9.59 Å². The van der Waals surface area contributed by atoms with Gasteiger partial charge in [-0.3, -0.25) is 9.59 Å². The smallest absolute Gasteiger partial charge is 0.244 e. The fraction of sp³-hybridized carbons (Fsp3) is 0.353. The van der Waals surface area contributed by atoms with Gasteiger partial charge in [0.1, 0.15) is 0 Å². The Morgan fingerprint density at radius 3 is 1.20 bits per heavy atom. The van der Waals surface area contributed by atoms with Gasteiger partial charge in [-0.1, -0.05) is 49.3 Å².